The van der Waals surface area contributed by atoms with Gasteiger partial charge in [0.05, 0.1) is 0 Å². The van der Waals surface area contributed by atoms with Crippen molar-refractivity contribution in [2.45, 2.75) is 6.92 Å². The molecule has 0 N–H and O–H groups in total. The first-order chi connectivity index (χ1) is 13.9. The molecule has 0 bridgehead atoms. The number of esters is 1. The largest absolute Gasteiger partial charge is 0.427 e. The molecule has 0 aliphatic carbocycles. The summed E-state index contributed by atoms with van der Waals surface area (Å²) < 4.78 is 18.6. The number of hydrogen-bond acceptors (Lipinski definition) is 4. The standard InChI is InChI=1S/C22H21FN2O4/c1-16(26)29-19-7-4-6-18(15-19)22(28)25-13-11-24(12-14-25)21(27)10-9-17-5-2-3-8-20(17)23/h2-10,15H,11-14H2,1H3/b10-9+. The lowest BCUT2D eigenvalue weighted by Crippen LogP contribution is -2.50. The van der Waals surface area contributed by atoms with Crippen LogP contribution >= 0.6 is 0 Å². The van der Waals surface area contributed by atoms with E-state index in [1.54, 1.807) is 46.2 Å². The highest BCUT2D eigenvalue weighted by atomic mass is 19.1. The van der Waals surface area contributed by atoms with E-state index in [0.717, 1.165) is 0 Å². The summed E-state index contributed by atoms with van der Waals surface area (Å²) in [4.78, 5) is 39.4. The van der Waals surface area contributed by atoms with Crippen molar-refractivity contribution in [1.82, 2.24) is 9.80 Å². The van der Waals surface area contributed by atoms with Gasteiger partial charge >= 0.3 is 5.97 Å². The fourth-order valence-corrected chi connectivity index (χ4v) is 3.05. The number of carbonyl (C=O) groups excluding carboxylic acids is 3. The van der Waals surface area contributed by atoms with Gasteiger partial charge in [0.1, 0.15) is 11.6 Å². The van der Waals surface area contributed by atoms with Crippen LogP contribution in [0.4, 0.5) is 4.39 Å². The lowest BCUT2D eigenvalue weighted by atomic mass is 10.1. The van der Waals surface area contributed by atoms with Crippen LogP contribution in [0.3, 0.4) is 0 Å². The zero-order valence-electron chi connectivity index (χ0n) is 16.0. The molecule has 29 heavy (non-hydrogen) atoms. The van der Waals surface area contributed by atoms with Gasteiger partial charge in [-0.3, -0.25) is 14.4 Å². The van der Waals surface area contributed by atoms with Gasteiger partial charge in [-0.1, -0.05) is 24.3 Å². The van der Waals surface area contributed by atoms with Crippen LogP contribution < -0.4 is 4.74 Å². The van der Waals surface area contributed by atoms with Gasteiger partial charge in [0.2, 0.25) is 5.91 Å². The average molecular weight is 396 g/mol. The molecule has 2 aromatic carbocycles. The Balaban J connectivity index is 1.57. The van der Waals surface area contributed by atoms with E-state index in [4.69, 9.17) is 4.74 Å². The zero-order chi connectivity index (χ0) is 20.8. The zero-order valence-corrected chi connectivity index (χ0v) is 16.0. The fraction of sp³-hybridized carbons (Fsp3) is 0.227. The second-order valence-corrected chi connectivity index (χ2v) is 6.59. The van der Waals surface area contributed by atoms with E-state index in [9.17, 15) is 18.8 Å². The monoisotopic (exact) mass is 396 g/mol. The van der Waals surface area contributed by atoms with Crippen molar-refractivity contribution in [2.24, 2.45) is 0 Å². The number of ether oxygens (including phenoxy) is 1. The number of halogens is 1. The Bertz CT molecular complexity index is 949. The van der Waals surface area contributed by atoms with Crippen LogP contribution in [-0.4, -0.2) is 53.8 Å². The second kappa shape index (κ2) is 9.14. The molecule has 150 valence electrons. The highest BCUT2D eigenvalue weighted by molar-refractivity contribution is 5.95. The number of benzene rings is 2. The van der Waals surface area contributed by atoms with E-state index in [2.05, 4.69) is 0 Å². The normalized spacial score (nSPS) is 14.1. The van der Waals surface area contributed by atoms with E-state index < -0.39 is 5.97 Å². The molecule has 2 aromatic rings. The molecule has 1 fully saturated rings. The van der Waals surface area contributed by atoms with Crippen LogP contribution in [0.2, 0.25) is 0 Å². The van der Waals surface area contributed by atoms with Crippen molar-refractivity contribution < 1.29 is 23.5 Å². The van der Waals surface area contributed by atoms with E-state index in [0.29, 0.717) is 43.1 Å². The molecular formula is C22H21FN2O4. The van der Waals surface area contributed by atoms with Crippen LogP contribution in [0.15, 0.2) is 54.6 Å². The average Bonchev–Trinajstić information content (AvgIpc) is 2.72. The third kappa shape index (κ3) is 5.28. The summed E-state index contributed by atoms with van der Waals surface area (Å²) in [5.74, 6) is -0.936. The minimum absolute atomic E-state index is 0.187. The Labute approximate surface area is 168 Å². The van der Waals surface area contributed by atoms with Crippen LogP contribution in [-0.2, 0) is 9.59 Å². The van der Waals surface area contributed by atoms with Crippen molar-refractivity contribution in [2.75, 3.05) is 26.2 Å². The van der Waals surface area contributed by atoms with Gasteiger partial charge < -0.3 is 14.5 Å². The predicted octanol–water partition coefficient (Wildman–Crippen LogP) is 2.75. The van der Waals surface area contributed by atoms with Crippen molar-refractivity contribution in [3.8, 4) is 5.75 Å². The molecule has 1 aliphatic heterocycles. The number of hydrogen-bond donors (Lipinski definition) is 0. The summed E-state index contributed by atoms with van der Waals surface area (Å²) in [6.45, 7) is 2.84. The quantitative estimate of drug-likeness (QED) is 0.453. The summed E-state index contributed by atoms with van der Waals surface area (Å²) in [6, 6.07) is 12.7. The van der Waals surface area contributed by atoms with Crippen LogP contribution in [0.5, 0.6) is 5.75 Å². The number of piperazine rings is 1. The highest BCUT2D eigenvalue weighted by Gasteiger charge is 2.24. The Kier molecular flexibility index (Phi) is 6.39. The maximum absolute atomic E-state index is 13.6. The topological polar surface area (TPSA) is 66.9 Å². The highest BCUT2D eigenvalue weighted by Crippen LogP contribution is 2.17. The fourth-order valence-electron chi connectivity index (χ4n) is 3.05. The molecule has 0 unspecified atom stereocenters. The first kappa shape index (κ1) is 20.3. The Morgan fingerprint density at radius 1 is 0.966 bits per heavy atom. The maximum atomic E-state index is 13.6. The Hall–Kier alpha value is -3.48. The molecule has 0 aromatic heterocycles. The molecular weight excluding hydrogens is 375 g/mol. The van der Waals surface area contributed by atoms with E-state index in [-0.39, 0.29) is 17.6 Å². The molecule has 0 spiro atoms. The maximum Gasteiger partial charge on any atom is 0.308 e. The molecule has 0 saturated carbocycles. The minimum atomic E-state index is -0.454. The third-order valence-electron chi connectivity index (χ3n) is 4.53. The van der Waals surface area contributed by atoms with Gasteiger partial charge in [0.25, 0.3) is 5.91 Å². The second-order valence-electron chi connectivity index (χ2n) is 6.59. The molecule has 6 nitrogen and oxygen atoms in total. The molecule has 3 rings (SSSR count). The molecule has 7 heteroatoms. The molecule has 2 amide bonds. The van der Waals surface area contributed by atoms with Gasteiger partial charge in [-0.2, -0.15) is 0 Å². The van der Waals surface area contributed by atoms with Crippen LogP contribution in [0, 0.1) is 5.82 Å². The van der Waals surface area contributed by atoms with E-state index in [1.807, 2.05) is 0 Å². The summed E-state index contributed by atoms with van der Waals surface area (Å²) in [5.41, 5.74) is 0.769. The van der Waals surface area contributed by atoms with Gasteiger partial charge in [0.15, 0.2) is 0 Å². The number of carbonyl (C=O) groups is 3. The summed E-state index contributed by atoms with van der Waals surface area (Å²) in [7, 11) is 0. The van der Waals surface area contributed by atoms with E-state index >= 15 is 0 Å². The van der Waals surface area contributed by atoms with Gasteiger partial charge in [-0.05, 0) is 30.3 Å². The molecule has 1 heterocycles. The number of rotatable bonds is 4. The molecule has 1 aliphatic rings. The van der Waals surface area contributed by atoms with Crippen molar-refractivity contribution in [1.29, 1.82) is 0 Å². The Morgan fingerprint density at radius 2 is 1.66 bits per heavy atom. The SMILES string of the molecule is CC(=O)Oc1cccc(C(=O)N2CCN(C(=O)/C=C/c3ccccc3F)CC2)c1. The molecule has 0 radical (unpaired) electrons. The van der Waals surface area contributed by atoms with Crippen LogP contribution in [0.1, 0.15) is 22.8 Å². The summed E-state index contributed by atoms with van der Waals surface area (Å²) in [6.07, 6.45) is 2.80. The van der Waals surface area contributed by atoms with Crippen molar-refractivity contribution >= 4 is 23.9 Å². The van der Waals surface area contributed by atoms with E-state index in [1.165, 1.54) is 31.2 Å². The minimum Gasteiger partial charge on any atom is -0.427 e. The first-order valence-corrected chi connectivity index (χ1v) is 9.23. The van der Waals surface area contributed by atoms with Crippen LogP contribution in [0.25, 0.3) is 6.08 Å². The molecule has 0 atom stereocenters. The lowest BCUT2D eigenvalue weighted by Gasteiger charge is -2.34. The molecule has 1 saturated heterocycles. The summed E-state index contributed by atoms with van der Waals surface area (Å²) in [5, 5.41) is 0. The van der Waals surface area contributed by atoms with Gasteiger partial charge in [-0.25, -0.2) is 4.39 Å². The number of amides is 2. The first-order valence-electron chi connectivity index (χ1n) is 9.23. The van der Waals surface area contributed by atoms with Gasteiger partial charge in [0, 0.05) is 50.3 Å². The van der Waals surface area contributed by atoms with Gasteiger partial charge in [-0.15, -0.1) is 0 Å². The lowest BCUT2D eigenvalue weighted by molar-refractivity contribution is -0.132. The predicted molar refractivity (Wildman–Crippen MR) is 106 cm³/mol. The van der Waals surface area contributed by atoms with Crippen molar-refractivity contribution in [3.05, 3.63) is 71.6 Å². The number of nitrogens with zero attached hydrogens (tertiary/aromatic N) is 2. The third-order valence-corrected chi connectivity index (χ3v) is 4.53. The Morgan fingerprint density at radius 3 is 2.34 bits per heavy atom. The summed E-state index contributed by atoms with van der Waals surface area (Å²) >= 11 is 0. The van der Waals surface area contributed by atoms with Crippen molar-refractivity contribution in [3.63, 3.8) is 0 Å². The smallest absolute Gasteiger partial charge is 0.308 e.